The first-order valence-electron chi connectivity index (χ1n) is 19.5. The number of carbonyl (C=O) groups excluding carboxylic acids is 3. The van der Waals surface area contributed by atoms with Crippen molar-refractivity contribution in [3.63, 3.8) is 0 Å². The van der Waals surface area contributed by atoms with E-state index in [9.17, 15) is 23.9 Å². The summed E-state index contributed by atoms with van der Waals surface area (Å²) in [5.74, 6) is -1.97. The van der Waals surface area contributed by atoms with Gasteiger partial charge in [0.1, 0.15) is 22.7 Å². The molecule has 7 aliphatic rings. The van der Waals surface area contributed by atoms with Crippen LogP contribution in [-0.4, -0.2) is 67.7 Å². The van der Waals surface area contributed by atoms with E-state index in [-0.39, 0.29) is 52.7 Å². The Morgan fingerprint density at radius 1 is 0.982 bits per heavy atom. The molecule has 5 unspecified atom stereocenters. The summed E-state index contributed by atoms with van der Waals surface area (Å²) in [6, 6.07) is 0. The van der Waals surface area contributed by atoms with Gasteiger partial charge in [0.05, 0.1) is 11.2 Å². The molecule has 2 saturated heterocycles. The Hall–Kier alpha value is -3.76. The Kier molecular flexibility index (Phi) is 9.84. The average molecular weight is 776 g/mol. The fourth-order valence-corrected chi connectivity index (χ4v) is 10.1. The van der Waals surface area contributed by atoms with Crippen molar-refractivity contribution in [2.45, 2.75) is 129 Å². The number of ketones is 2. The van der Waals surface area contributed by atoms with Gasteiger partial charge in [-0.1, -0.05) is 35.5 Å². The van der Waals surface area contributed by atoms with Crippen LogP contribution in [-0.2, 0) is 25.3 Å². The van der Waals surface area contributed by atoms with Gasteiger partial charge in [-0.2, -0.15) is 0 Å². The van der Waals surface area contributed by atoms with Crippen molar-refractivity contribution in [1.82, 2.24) is 4.90 Å². The molecule has 296 valence electrons. The van der Waals surface area contributed by atoms with Crippen LogP contribution in [0.25, 0.3) is 6.08 Å². The molecule has 3 fully saturated rings. The number of allylic oxidation sites excluding steroid dienone is 5. The molecule has 5 atom stereocenters. The van der Waals surface area contributed by atoms with E-state index in [0.29, 0.717) is 42.8 Å². The first kappa shape index (κ1) is 39.5. The number of Topliss-reactive ketones (excluding diaryl/α,β-unsaturated/α-hetero) is 2. The number of amides is 1. The first-order chi connectivity index (χ1) is 25.7. The van der Waals surface area contributed by atoms with E-state index >= 15 is 4.79 Å². The van der Waals surface area contributed by atoms with Gasteiger partial charge in [0.2, 0.25) is 5.91 Å². The lowest BCUT2D eigenvalue weighted by Gasteiger charge is -2.56. The van der Waals surface area contributed by atoms with E-state index in [2.05, 4.69) is 6.08 Å². The molecule has 1 aromatic rings. The van der Waals surface area contributed by atoms with Crippen LogP contribution in [0.4, 0.5) is 0 Å². The number of fused-ring (bicyclic) bond motifs is 2. The van der Waals surface area contributed by atoms with Crippen LogP contribution >= 0.6 is 7.82 Å². The first-order valence-corrected chi connectivity index (χ1v) is 21.1. The summed E-state index contributed by atoms with van der Waals surface area (Å²) < 4.78 is 39.1. The van der Waals surface area contributed by atoms with Gasteiger partial charge in [-0.05, 0) is 112 Å². The minimum absolute atomic E-state index is 0.00458. The van der Waals surface area contributed by atoms with E-state index in [1.807, 2.05) is 65.5 Å². The van der Waals surface area contributed by atoms with Crippen molar-refractivity contribution in [3.8, 4) is 17.2 Å². The van der Waals surface area contributed by atoms with Gasteiger partial charge >= 0.3 is 7.82 Å². The zero-order chi connectivity index (χ0) is 39.9. The summed E-state index contributed by atoms with van der Waals surface area (Å²) in [5, 5.41) is 0. The zero-order valence-electron chi connectivity index (χ0n) is 33.2. The summed E-state index contributed by atoms with van der Waals surface area (Å²) in [7, 11) is -5.22. The van der Waals surface area contributed by atoms with Crippen molar-refractivity contribution in [1.29, 1.82) is 0 Å². The normalized spacial score (nSPS) is 30.0. The minimum Gasteiger partial charge on any atom is -0.482 e. The smallest absolute Gasteiger partial charge is 0.482 e. The number of hydrogen-bond acceptors (Lipinski definition) is 8. The lowest BCUT2D eigenvalue weighted by Crippen LogP contribution is -2.72. The number of phosphoric ester groups is 1. The van der Waals surface area contributed by atoms with Gasteiger partial charge in [-0.15, -0.1) is 0 Å². The van der Waals surface area contributed by atoms with Crippen LogP contribution in [0.3, 0.4) is 0 Å². The Morgan fingerprint density at radius 2 is 1.67 bits per heavy atom. The van der Waals surface area contributed by atoms with Gasteiger partial charge in [0.15, 0.2) is 28.5 Å². The van der Waals surface area contributed by atoms with Crippen molar-refractivity contribution >= 4 is 31.4 Å². The second-order valence-corrected chi connectivity index (χ2v) is 18.5. The predicted molar refractivity (Wildman–Crippen MR) is 208 cm³/mol. The molecule has 11 nitrogen and oxygen atoms in total. The van der Waals surface area contributed by atoms with Crippen LogP contribution in [0, 0.1) is 11.8 Å². The average Bonchev–Trinajstić information content (AvgIpc) is 3.26. The molecule has 55 heavy (non-hydrogen) atoms. The van der Waals surface area contributed by atoms with E-state index in [0.717, 1.165) is 31.3 Å². The second-order valence-electron chi connectivity index (χ2n) is 17.4. The van der Waals surface area contributed by atoms with E-state index < -0.39 is 47.8 Å². The molecule has 1 spiro atoms. The largest absolute Gasteiger partial charge is 0.524 e. The van der Waals surface area contributed by atoms with Crippen molar-refractivity contribution in [2.75, 3.05) is 13.1 Å². The van der Waals surface area contributed by atoms with Crippen molar-refractivity contribution < 1.29 is 47.5 Å². The zero-order valence-corrected chi connectivity index (χ0v) is 34.1. The third-order valence-corrected chi connectivity index (χ3v) is 12.7. The number of nitrogens with zero attached hydrogens (tertiary/aromatic N) is 1. The van der Waals surface area contributed by atoms with Gasteiger partial charge in [0.25, 0.3) is 0 Å². The van der Waals surface area contributed by atoms with E-state index in [1.54, 1.807) is 25.2 Å². The number of ether oxygens (including phenoxy) is 3. The number of carbonyl (C=O) groups is 3. The Morgan fingerprint density at radius 3 is 2.33 bits per heavy atom. The summed E-state index contributed by atoms with van der Waals surface area (Å²) in [6.07, 6.45) is 16.0. The highest BCUT2D eigenvalue weighted by Gasteiger charge is 2.81. The summed E-state index contributed by atoms with van der Waals surface area (Å²) >= 11 is 0. The van der Waals surface area contributed by atoms with Crippen molar-refractivity contribution in [3.05, 3.63) is 69.4 Å². The van der Waals surface area contributed by atoms with E-state index in [4.69, 9.17) is 18.7 Å². The second kappa shape index (κ2) is 13.7. The standard InChI is InChI=1S/C43H54NO10P/c1-25(2)13-12-18-41(8)19-17-30-35(51-41)29(15-14-26(3)4)36-33(37(30)53-55(48,49)50)34(45)31-23-28-24-32-40(6,7)54-42(38(28)46,43(31,32)52-36)20-16-27(5)39(47)44-21-10-9-11-22-44/h13-14,16-17,19,23,28,32H,9-12,15,18,20-22,24H2,1-8H3,(H2,48,49,50)/b27-16-. The highest BCUT2D eigenvalue weighted by molar-refractivity contribution is 7.46. The molecule has 12 heteroatoms. The Balaban J connectivity index is 1.44. The molecule has 1 saturated carbocycles. The maximum absolute atomic E-state index is 15.3. The molecule has 8 rings (SSSR count). The maximum Gasteiger partial charge on any atom is 0.524 e. The number of likely N-dealkylation sites (tertiary alicyclic amines) is 1. The highest BCUT2D eigenvalue weighted by atomic mass is 31.2. The van der Waals surface area contributed by atoms with Crippen molar-refractivity contribution in [2.24, 2.45) is 11.8 Å². The lowest BCUT2D eigenvalue weighted by atomic mass is 9.51. The van der Waals surface area contributed by atoms with E-state index in [1.165, 1.54) is 5.57 Å². The van der Waals surface area contributed by atoms with Gasteiger partial charge in [-0.25, -0.2) is 4.57 Å². The molecular weight excluding hydrogens is 721 g/mol. The summed E-state index contributed by atoms with van der Waals surface area (Å²) in [6.45, 7) is 16.8. The highest BCUT2D eigenvalue weighted by Crippen LogP contribution is 2.69. The van der Waals surface area contributed by atoms with Crippen LogP contribution in [0.15, 0.2) is 52.7 Å². The van der Waals surface area contributed by atoms with Crippen LogP contribution in [0.5, 0.6) is 17.2 Å². The molecular formula is C43H54NO10P. The van der Waals surface area contributed by atoms with Gasteiger partial charge in [0, 0.05) is 48.1 Å². The summed E-state index contributed by atoms with van der Waals surface area (Å²) in [5.41, 5.74) is -1.57. The molecule has 4 heterocycles. The molecule has 4 aliphatic heterocycles. The SMILES string of the molecule is CC(C)=CCCC1(C)C=Cc2c(c(CC=C(C)C)c3c(c2OP(=O)(O)O)C(=O)C2=CC4CC5C(C)(C)OC(C/C=C(/C)C(=O)N6CCCCC6)(C4=O)C25O3)O1. The molecule has 1 aromatic carbocycles. The lowest BCUT2D eigenvalue weighted by molar-refractivity contribution is -0.171. The number of phosphoric acid groups is 1. The summed E-state index contributed by atoms with van der Waals surface area (Å²) in [4.78, 5) is 66.0. The minimum atomic E-state index is -5.22. The molecule has 0 radical (unpaired) electrons. The Bertz CT molecular complexity index is 2050. The van der Waals surface area contributed by atoms with Crippen LogP contribution < -0.4 is 14.0 Å². The molecule has 0 aromatic heterocycles. The third kappa shape index (κ3) is 6.49. The number of piperidine rings is 1. The topological polar surface area (TPSA) is 149 Å². The molecule has 4 bridgehead atoms. The van der Waals surface area contributed by atoms with Gasteiger partial charge in [-0.3, -0.25) is 24.2 Å². The fourth-order valence-electron chi connectivity index (χ4n) is 9.72. The Labute approximate surface area is 323 Å². The molecule has 3 aliphatic carbocycles. The molecule has 2 N–H and O–H groups in total. The number of hydrogen-bond donors (Lipinski definition) is 2. The third-order valence-electron chi connectivity index (χ3n) is 12.3. The van der Waals surface area contributed by atoms with Gasteiger partial charge < -0.3 is 23.6 Å². The maximum atomic E-state index is 15.3. The molecule has 1 amide bonds. The predicted octanol–water partition coefficient (Wildman–Crippen LogP) is 7.93. The number of benzene rings is 1. The van der Waals surface area contributed by atoms with Crippen LogP contribution in [0.1, 0.15) is 122 Å². The van der Waals surface area contributed by atoms with Crippen LogP contribution in [0.2, 0.25) is 0 Å². The quantitative estimate of drug-likeness (QED) is 0.136. The monoisotopic (exact) mass is 775 g/mol. The number of rotatable bonds is 10. The fraction of sp³-hybridized carbons (Fsp3) is 0.558.